The molecule has 0 fully saturated rings. The Morgan fingerprint density at radius 2 is 2.18 bits per heavy atom. The summed E-state index contributed by atoms with van der Waals surface area (Å²) in [7, 11) is 0. The summed E-state index contributed by atoms with van der Waals surface area (Å²) in [5.74, 6) is 0. The van der Waals surface area contributed by atoms with Crippen LogP contribution in [0.2, 0.25) is 0 Å². The molecule has 0 atom stereocenters. The molecule has 0 aliphatic rings. The van der Waals surface area contributed by atoms with Crippen LogP contribution >= 0.6 is 15.9 Å². The molecule has 6 nitrogen and oxygen atoms in total. The first-order valence-corrected chi connectivity index (χ1v) is 5.32. The highest BCUT2D eigenvalue weighted by atomic mass is 79.9. The number of hydrogen-bond acceptors (Lipinski definition) is 4. The molecule has 0 amide bonds. The van der Waals surface area contributed by atoms with E-state index in [1.54, 1.807) is 18.2 Å². The fourth-order valence-electron chi connectivity index (χ4n) is 1.36. The smallest absolute Gasteiger partial charge is 0.258 e. The van der Waals surface area contributed by atoms with E-state index in [4.69, 9.17) is 5.26 Å². The van der Waals surface area contributed by atoms with Crippen LogP contribution in [0.25, 0.3) is 5.69 Å². The van der Waals surface area contributed by atoms with Gasteiger partial charge in [-0.1, -0.05) is 12.1 Å². The van der Waals surface area contributed by atoms with Gasteiger partial charge in [-0.25, -0.2) is 4.68 Å². The summed E-state index contributed by atoms with van der Waals surface area (Å²) < 4.78 is 1.80. The van der Waals surface area contributed by atoms with E-state index >= 15 is 0 Å². The lowest BCUT2D eigenvalue weighted by Gasteiger charge is -2.01. The normalized spacial score (nSPS) is 9.88. The molecule has 1 aromatic carbocycles. The van der Waals surface area contributed by atoms with Gasteiger partial charge in [0.2, 0.25) is 0 Å². The van der Waals surface area contributed by atoms with Crippen molar-refractivity contribution in [3.63, 3.8) is 0 Å². The molecular weight excluding hydrogens is 288 g/mol. The highest BCUT2D eigenvalue weighted by Gasteiger charge is 2.16. The summed E-state index contributed by atoms with van der Waals surface area (Å²) >= 11 is 3.16. The maximum absolute atomic E-state index is 10.8. The number of benzene rings is 1. The largest absolute Gasteiger partial charge is 0.294 e. The number of rotatable bonds is 2. The summed E-state index contributed by atoms with van der Waals surface area (Å²) in [6.45, 7) is 0. The van der Waals surface area contributed by atoms with Crippen LogP contribution in [0.4, 0.5) is 5.69 Å². The predicted molar refractivity (Wildman–Crippen MR) is 62.6 cm³/mol. The first-order chi connectivity index (χ1) is 8.13. The molecule has 7 heteroatoms. The minimum atomic E-state index is -0.489. The van der Waals surface area contributed by atoms with Crippen LogP contribution in [-0.4, -0.2) is 14.7 Å². The van der Waals surface area contributed by atoms with Crippen molar-refractivity contribution in [3.8, 4) is 11.8 Å². The molecule has 0 saturated carbocycles. The van der Waals surface area contributed by atoms with E-state index < -0.39 is 4.92 Å². The van der Waals surface area contributed by atoms with Crippen molar-refractivity contribution in [2.45, 2.75) is 0 Å². The minimum absolute atomic E-state index is 0.0630. The van der Waals surface area contributed by atoms with E-state index in [1.807, 2.05) is 6.07 Å². The lowest BCUT2D eigenvalue weighted by atomic mass is 10.3. The van der Waals surface area contributed by atoms with Crippen LogP contribution < -0.4 is 0 Å². The van der Waals surface area contributed by atoms with Crippen molar-refractivity contribution in [2.24, 2.45) is 0 Å². The van der Waals surface area contributed by atoms with E-state index in [0.29, 0.717) is 10.2 Å². The number of para-hydroxylation sites is 2. The number of aromatic nitrogens is 2. The molecule has 0 spiro atoms. The Labute approximate surface area is 104 Å². The van der Waals surface area contributed by atoms with Crippen molar-refractivity contribution in [3.05, 3.63) is 50.7 Å². The fourth-order valence-corrected chi connectivity index (χ4v) is 1.73. The summed E-state index contributed by atoms with van der Waals surface area (Å²) in [4.78, 5) is 10.4. The highest BCUT2D eigenvalue weighted by Crippen LogP contribution is 2.24. The van der Waals surface area contributed by atoms with Gasteiger partial charge in [-0.3, -0.25) is 10.1 Å². The molecular formula is C10H5BrN4O2. The molecule has 0 aliphatic heterocycles. The van der Waals surface area contributed by atoms with Gasteiger partial charge in [-0.15, -0.1) is 0 Å². The number of nitriles is 1. The van der Waals surface area contributed by atoms with Crippen molar-refractivity contribution in [2.75, 3.05) is 0 Å². The SMILES string of the molecule is N#Cc1nn(-c2ccccc2[N+](=O)[O-])cc1Br. The average Bonchev–Trinajstić information content (AvgIpc) is 2.70. The Balaban J connectivity index is 2.61. The zero-order valence-corrected chi connectivity index (χ0v) is 9.96. The topological polar surface area (TPSA) is 84.8 Å². The number of nitrogens with zero attached hydrogens (tertiary/aromatic N) is 4. The van der Waals surface area contributed by atoms with Gasteiger partial charge in [0.05, 0.1) is 9.40 Å². The predicted octanol–water partition coefficient (Wildman–Crippen LogP) is 2.41. The molecule has 2 rings (SSSR count). The molecule has 0 N–H and O–H groups in total. The lowest BCUT2D eigenvalue weighted by Crippen LogP contribution is -2.00. The van der Waals surface area contributed by atoms with E-state index in [9.17, 15) is 10.1 Å². The van der Waals surface area contributed by atoms with E-state index in [0.717, 1.165) is 0 Å². The maximum atomic E-state index is 10.8. The zero-order valence-electron chi connectivity index (χ0n) is 8.37. The van der Waals surface area contributed by atoms with Gasteiger partial charge in [-0.2, -0.15) is 10.4 Å². The van der Waals surface area contributed by atoms with Gasteiger partial charge < -0.3 is 0 Å². The average molecular weight is 293 g/mol. The number of nitro benzene ring substituents is 1. The summed E-state index contributed by atoms with van der Waals surface area (Å²) in [5.41, 5.74) is 0.440. The van der Waals surface area contributed by atoms with Gasteiger partial charge in [-0.05, 0) is 22.0 Å². The van der Waals surface area contributed by atoms with Crippen LogP contribution in [0, 0.1) is 21.4 Å². The molecule has 2 aromatic rings. The lowest BCUT2D eigenvalue weighted by molar-refractivity contribution is -0.384. The Hall–Kier alpha value is -2.20. The molecule has 0 bridgehead atoms. The van der Waals surface area contributed by atoms with Crippen molar-refractivity contribution in [1.29, 1.82) is 5.26 Å². The zero-order chi connectivity index (χ0) is 12.4. The maximum Gasteiger partial charge on any atom is 0.294 e. The standard InChI is InChI=1S/C10H5BrN4O2/c11-7-6-14(13-8(7)5-12)9-3-1-2-4-10(9)15(16)17/h1-4,6H. The molecule has 0 aliphatic carbocycles. The number of halogens is 1. The van der Waals surface area contributed by atoms with E-state index in [-0.39, 0.29) is 11.4 Å². The first kappa shape index (κ1) is 11.3. The Morgan fingerprint density at radius 1 is 1.47 bits per heavy atom. The first-order valence-electron chi connectivity index (χ1n) is 4.52. The van der Waals surface area contributed by atoms with Gasteiger partial charge in [0, 0.05) is 12.3 Å². The summed E-state index contributed by atoms with van der Waals surface area (Å²) in [6.07, 6.45) is 1.51. The van der Waals surface area contributed by atoms with Gasteiger partial charge in [0.1, 0.15) is 11.8 Å². The molecule has 1 heterocycles. The van der Waals surface area contributed by atoms with Crippen LogP contribution in [0.1, 0.15) is 5.69 Å². The fraction of sp³-hybridized carbons (Fsp3) is 0. The van der Waals surface area contributed by atoms with E-state index in [2.05, 4.69) is 21.0 Å². The summed E-state index contributed by atoms with van der Waals surface area (Å²) in [6, 6.07) is 8.08. The number of hydrogen-bond donors (Lipinski definition) is 0. The molecule has 1 aromatic heterocycles. The van der Waals surface area contributed by atoms with E-state index in [1.165, 1.54) is 16.9 Å². The van der Waals surface area contributed by atoms with Crippen molar-refractivity contribution < 1.29 is 4.92 Å². The third kappa shape index (κ3) is 2.03. The third-order valence-corrected chi connectivity index (χ3v) is 2.68. The molecule has 0 saturated heterocycles. The second-order valence-corrected chi connectivity index (χ2v) is 3.98. The third-order valence-electron chi connectivity index (χ3n) is 2.10. The van der Waals surface area contributed by atoms with Crippen molar-refractivity contribution in [1.82, 2.24) is 9.78 Å². The van der Waals surface area contributed by atoms with Crippen LogP contribution in [0.3, 0.4) is 0 Å². The minimum Gasteiger partial charge on any atom is -0.258 e. The van der Waals surface area contributed by atoms with Crippen LogP contribution in [-0.2, 0) is 0 Å². The van der Waals surface area contributed by atoms with Crippen LogP contribution in [0.5, 0.6) is 0 Å². The quantitative estimate of drug-likeness (QED) is 0.628. The summed E-state index contributed by atoms with van der Waals surface area (Å²) in [5, 5.41) is 23.6. The molecule has 0 unspecified atom stereocenters. The van der Waals surface area contributed by atoms with Gasteiger partial charge >= 0.3 is 0 Å². The Kier molecular flexibility index (Phi) is 2.89. The molecule has 0 radical (unpaired) electrons. The van der Waals surface area contributed by atoms with Gasteiger partial charge in [0.15, 0.2) is 5.69 Å². The van der Waals surface area contributed by atoms with Crippen molar-refractivity contribution >= 4 is 21.6 Å². The van der Waals surface area contributed by atoms with Gasteiger partial charge in [0.25, 0.3) is 5.69 Å². The van der Waals surface area contributed by atoms with Crippen LogP contribution in [0.15, 0.2) is 34.9 Å². The highest BCUT2D eigenvalue weighted by molar-refractivity contribution is 9.10. The molecule has 84 valence electrons. The monoisotopic (exact) mass is 292 g/mol. The number of nitro groups is 1. The Morgan fingerprint density at radius 3 is 2.76 bits per heavy atom. The Bertz CT molecular complexity index is 629. The second kappa shape index (κ2) is 4.35. The second-order valence-electron chi connectivity index (χ2n) is 3.13. The molecule has 17 heavy (non-hydrogen) atoms.